The fraction of sp³-hybridized carbons (Fsp3) is 0.625. The van der Waals surface area contributed by atoms with E-state index < -0.39 is 0 Å². The zero-order chi connectivity index (χ0) is 14.5. The summed E-state index contributed by atoms with van der Waals surface area (Å²) in [6.07, 6.45) is 13.6. The maximum absolute atomic E-state index is 2.38. The molecule has 0 atom stereocenters. The molecule has 2 heterocycles. The average molecular weight is 276 g/mol. The van der Waals surface area contributed by atoms with Gasteiger partial charge in [0.05, 0.1) is 27.2 Å². The van der Waals surface area contributed by atoms with Crippen molar-refractivity contribution in [1.82, 2.24) is 9.13 Å². The Kier molecular flexibility index (Phi) is 4.99. The van der Waals surface area contributed by atoms with Gasteiger partial charge in [-0.15, -0.1) is 0 Å². The number of hydrogen-bond acceptors (Lipinski definition) is 0. The summed E-state index contributed by atoms with van der Waals surface area (Å²) in [5.74, 6) is 2.59. The molecule has 0 amide bonds. The fourth-order valence-electron chi connectivity index (χ4n) is 2.64. The molecule has 0 saturated carbocycles. The summed E-state index contributed by atoms with van der Waals surface area (Å²) in [5.41, 5.74) is 0. The standard InChI is InChI=1S/C16H28N4/c1-5-7-9-19-13-11-17(3)15(19)16-18(4)12-14-20(16)10-8-6-2/h11-14H,5-10H2,1-4H3/q+2. The van der Waals surface area contributed by atoms with E-state index in [-0.39, 0.29) is 0 Å². The number of nitrogens with zero attached hydrogens (tertiary/aromatic N) is 4. The van der Waals surface area contributed by atoms with Crippen LogP contribution in [0, 0.1) is 0 Å². The number of imidazole rings is 2. The highest BCUT2D eigenvalue weighted by Crippen LogP contribution is 2.14. The lowest BCUT2D eigenvalue weighted by Crippen LogP contribution is -2.38. The molecule has 0 fully saturated rings. The fourth-order valence-corrected chi connectivity index (χ4v) is 2.64. The summed E-state index contributed by atoms with van der Waals surface area (Å²) >= 11 is 0. The highest BCUT2D eigenvalue weighted by molar-refractivity contribution is 5.36. The van der Waals surface area contributed by atoms with Gasteiger partial charge in [0.1, 0.15) is 24.8 Å². The minimum atomic E-state index is 1.09. The van der Waals surface area contributed by atoms with E-state index in [4.69, 9.17) is 0 Å². The number of aromatic nitrogens is 4. The molecule has 0 spiro atoms. The first kappa shape index (κ1) is 14.8. The summed E-state index contributed by atoms with van der Waals surface area (Å²) < 4.78 is 9.21. The average Bonchev–Trinajstić information content (AvgIpc) is 2.97. The van der Waals surface area contributed by atoms with Crippen LogP contribution >= 0.6 is 0 Å². The molecule has 0 aliphatic carbocycles. The van der Waals surface area contributed by atoms with Gasteiger partial charge in [0.2, 0.25) is 0 Å². The molecule has 2 rings (SSSR count). The van der Waals surface area contributed by atoms with Gasteiger partial charge in [-0.3, -0.25) is 0 Å². The van der Waals surface area contributed by atoms with Crippen molar-refractivity contribution < 1.29 is 9.13 Å². The summed E-state index contributed by atoms with van der Waals surface area (Å²) in [4.78, 5) is 0. The predicted octanol–water partition coefficient (Wildman–Crippen LogP) is 2.21. The Morgan fingerprint density at radius 1 is 0.800 bits per heavy atom. The second kappa shape index (κ2) is 6.73. The van der Waals surface area contributed by atoms with E-state index in [1.807, 2.05) is 0 Å². The lowest BCUT2D eigenvalue weighted by molar-refractivity contribution is -0.690. The largest absolute Gasteiger partial charge is 0.373 e. The first-order chi connectivity index (χ1) is 9.69. The van der Waals surface area contributed by atoms with E-state index in [9.17, 15) is 0 Å². The lowest BCUT2D eigenvalue weighted by Gasteiger charge is -2.03. The summed E-state index contributed by atoms with van der Waals surface area (Å²) in [6, 6.07) is 0. The molecule has 0 radical (unpaired) electrons. The minimum Gasteiger partial charge on any atom is -0.226 e. The zero-order valence-corrected chi connectivity index (χ0v) is 13.3. The van der Waals surface area contributed by atoms with Crippen LogP contribution in [-0.2, 0) is 27.2 Å². The van der Waals surface area contributed by atoms with Gasteiger partial charge in [-0.05, 0) is 12.8 Å². The van der Waals surface area contributed by atoms with Gasteiger partial charge >= 0.3 is 11.6 Å². The van der Waals surface area contributed by atoms with Crippen LogP contribution in [-0.4, -0.2) is 9.13 Å². The topological polar surface area (TPSA) is 17.6 Å². The van der Waals surface area contributed by atoms with E-state index in [1.165, 1.54) is 37.3 Å². The molecule has 20 heavy (non-hydrogen) atoms. The second-order valence-electron chi connectivity index (χ2n) is 5.56. The van der Waals surface area contributed by atoms with E-state index in [0.29, 0.717) is 0 Å². The van der Waals surface area contributed by atoms with Crippen molar-refractivity contribution in [1.29, 1.82) is 0 Å². The quantitative estimate of drug-likeness (QED) is 0.690. The molecule has 0 N–H and O–H groups in total. The van der Waals surface area contributed by atoms with Crippen LogP contribution in [0.2, 0.25) is 0 Å². The Hall–Kier alpha value is -1.58. The smallest absolute Gasteiger partial charge is 0.226 e. The maximum Gasteiger partial charge on any atom is 0.373 e. The Balaban J connectivity index is 2.39. The van der Waals surface area contributed by atoms with Crippen molar-refractivity contribution in [2.75, 3.05) is 0 Å². The Morgan fingerprint density at radius 3 is 1.55 bits per heavy atom. The normalized spacial score (nSPS) is 11.2. The van der Waals surface area contributed by atoms with Gasteiger partial charge in [-0.2, -0.15) is 0 Å². The van der Waals surface area contributed by atoms with Gasteiger partial charge in [-0.1, -0.05) is 26.7 Å². The predicted molar refractivity (Wildman–Crippen MR) is 80.0 cm³/mol. The molecule has 0 aliphatic rings. The molecule has 110 valence electrons. The molecular weight excluding hydrogens is 248 g/mol. The number of aryl methyl sites for hydroxylation is 4. The molecular formula is C16H28N4+2. The third kappa shape index (κ3) is 2.94. The SMILES string of the molecule is CCCCn1cc[n+](C)c1-c1n(CCCC)cc[n+]1C. The summed E-state index contributed by atoms with van der Waals surface area (Å²) in [6.45, 7) is 6.66. The first-order valence-electron chi connectivity index (χ1n) is 7.78. The van der Waals surface area contributed by atoms with E-state index in [1.54, 1.807) is 0 Å². The maximum atomic E-state index is 2.38. The van der Waals surface area contributed by atoms with Crippen molar-refractivity contribution in [3.63, 3.8) is 0 Å². The third-order valence-electron chi connectivity index (χ3n) is 3.86. The Bertz CT molecular complexity index is 501. The minimum absolute atomic E-state index is 1.09. The highest BCUT2D eigenvalue weighted by Gasteiger charge is 2.29. The number of hydrogen-bond donors (Lipinski definition) is 0. The van der Waals surface area contributed by atoms with E-state index >= 15 is 0 Å². The van der Waals surface area contributed by atoms with Gasteiger partial charge in [0, 0.05) is 0 Å². The van der Waals surface area contributed by atoms with Gasteiger partial charge < -0.3 is 0 Å². The Labute approximate surface area is 122 Å². The first-order valence-corrected chi connectivity index (χ1v) is 7.78. The van der Waals surface area contributed by atoms with Gasteiger partial charge in [0.15, 0.2) is 0 Å². The molecule has 2 aromatic rings. The van der Waals surface area contributed by atoms with Gasteiger partial charge in [0.25, 0.3) is 0 Å². The van der Waals surface area contributed by atoms with Crippen LogP contribution in [0.1, 0.15) is 39.5 Å². The number of unbranched alkanes of at least 4 members (excludes halogenated alkanes) is 2. The third-order valence-corrected chi connectivity index (χ3v) is 3.86. The molecule has 0 bridgehead atoms. The van der Waals surface area contributed by atoms with Crippen molar-refractivity contribution in [3.8, 4) is 11.6 Å². The molecule has 0 aliphatic heterocycles. The molecule has 4 nitrogen and oxygen atoms in total. The van der Waals surface area contributed by atoms with Crippen LogP contribution in [0.4, 0.5) is 0 Å². The van der Waals surface area contributed by atoms with Crippen LogP contribution in [0.25, 0.3) is 11.6 Å². The van der Waals surface area contributed by atoms with Crippen LogP contribution in [0.3, 0.4) is 0 Å². The summed E-state index contributed by atoms with van der Waals surface area (Å²) in [5, 5.41) is 0. The zero-order valence-electron chi connectivity index (χ0n) is 13.3. The molecule has 0 saturated heterocycles. The molecule has 0 aromatic carbocycles. The van der Waals surface area contributed by atoms with E-state index in [2.05, 4.69) is 71.0 Å². The Morgan fingerprint density at radius 2 is 1.20 bits per heavy atom. The number of rotatable bonds is 7. The van der Waals surface area contributed by atoms with Crippen molar-refractivity contribution in [2.24, 2.45) is 14.1 Å². The molecule has 0 unspecified atom stereocenters. The monoisotopic (exact) mass is 276 g/mol. The molecule has 2 aromatic heterocycles. The van der Waals surface area contributed by atoms with Crippen LogP contribution in [0.5, 0.6) is 0 Å². The van der Waals surface area contributed by atoms with Crippen molar-refractivity contribution in [2.45, 2.75) is 52.6 Å². The second-order valence-corrected chi connectivity index (χ2v) is 5.56. The van der Waals surface area contributed by atoms with Crippen molar-refractivity contribution >= 4 is 0 Å². The van der Waals surface area contributed by atoms with Crippen LogP contribution in [0.15, 0.2) is 24.8 Å². The van der Waals surface area contributed by atoms with Crippen molar-refractivity contribution in [3.05, 3.63) is 24.8 Å². The summed E-state index contributed by atoms with van der Waals surface area (Å²) in [7, 11) is 4.27. The van der Waals surface area contributed by atoms with Crippen LogP contribution < -0.4 is 9.13 Å². The lowest BCUT2D eigenvalue weighted by atomic mass is 10.3. The van der Waals surface area contributed by atoms with Gasteiger partial charge in [-0.25, -0.2) is 18.3 Å². The van der Waals surface area contributed by atoms with E-state index in [0.717, 1.165) is 13.1 Å². The molecule has 4 heteroatoms. The highest BCUT2D eigenvalue weighted by atomic mass is 15.2.